The summed E-state index contributed by atoms with van der Waals surface area (Å²) >= 11 is 7.62. The summed E-state index contributed by atoms with van der Waals surface area (Å²) in [5, 5.41) is 12.7. The highest BCUT2D eigenvalue weighted by Gasteiger charge is 2.10. The van der Waals surface area contributed by atoms with Crippen LogP contribution in [0.15, 0.2) is 47.2 Å². The van der Waals surface area contributed by atoms with Crippen LogP contribution in [0, 0.1) is 6.92 Å². The molecule has 0 bridgehead atoms. The Kier molecular flexibility index (Phi) is 4.75. The van der Waals surface area contributed by atoms with E-state index in [0.717, 1.165) is 30.9 Å². The first-order valence-corrected chi connectivity index (χ1v) is 8.38. The molecule has 2 aromatic heterocycles. The van der Waals surface area contributed by atoms with Gasteiger partial charge in [-0.15, -0.1) is 11.3 Å². The SMILES string of the molecule is Cc1csc(C2=NN(CCNc3ccnc(Cl)c3)C=CC2)c1. The van der Waals surface area contributed by atoms with Gasteiger partial charge in [-0.2, -0.15) is 5.10 Å². The van der Waals surface area contributed by atoms with Crippen molar-refractivity contribution in [2.75, 3.05) is 18.4 Å². The van der Waals surface area contributed by atoms with Crippen molar-refractivity contribution in [1.82, 2.24) is 9.99 Å². The van der Waals surface area contributed by atoms with Gasteiger partial charge < -0.3 is 5.32 Å². The van der Waals surface area contributed by atoms with Crippen molar-refractivity contribution in [2.45, 2.75) is 13.3 Å². The Morgan fingerprint density at radius 2 is 2.32 bits per heavy atom. The summed E-state index contributed by atoms with van der Waals surface area (Å²) in [4.78, 5) is 5.22. The molecule has 6 heteroatoms. The fourth-order valence-electron chi connectivity index (χ4n) is 2.20. The zero-order valence-electron chi connectivity index (χ0n) is 12.3. The summed E-state index contributed by atoms with van der Waals surface area (Å²) < 4.78 is 0. The highest BCUT2D eigenvalue weighted by Crippen LogP contribution is 2.19. The molecular weight excluding hydrogens is 316 g/mol. The normalized spacial score (nSPS) is 14.1. The molecular formula is C16H17ClN4S. The van der Waals surface area contributed by atoms with Crippen molar-refractivity contribution in [3.8, 4) is 0 Å². The second-order valence-corrected chi connectivity index (χ2v) is 6.38. The van der Waals surface area contributed by atoms with Crippen molar-refractivity contribution in [3.63, 3.8) is 0 Å². The van der Waals surface area contributed by atoms with Gasteiger partial charge in [0.1, 0.15) is 5.15 Å². The Balaban J connectivity index is 1.57. The maximum absolute atomic E-state index is 5.87. The number of allylic oxidation sites excluding steroid dienone is 1. The Hall–Kier alpha value is -1.85. The van der Waals surface area contributed by atoms with Crippen LogP contribution < -0.4 is 5.32 Å². The van der Waals surface area contributed by atoms with Crippen LogP contribution in [0.2, 0.25) is 5.15 Å². The number of anilines is 1. The van der Waals surface area contributed by atoms with Crippen LogP contribution in [0.25, 0.3) is 0 Å². The molecule has 3 heterocycles. The van der Waals surface area contributed by atoms with Crippen molar-refractivity contribution >= 4 is 34.3 Å². The van der Waals surface area contributed by atoms with E-state index in [-0.39, 0.29) is 0 Å². The fourth-order valence-corrected chi connectivity index (χ4v) is 3.27. The number of hydrazone groups is 1. The first-order chi connectivity index (χ1) is 10.7. The van der Waals surface area contributed by atoms with Gasteiger partial charge in [0, 0.05) is 31.0 Å². The van der Waals surface area contributed by atoms with E-state index in [1.54, 1.807) is 17.5 Å². The van der Waals surface area contributed by atoms with Gasteiger partial charge in [0.25, 0.3) is 0 Å². The summed E-state index contributed by atoms with van der Waals surface area (Å²) in [6.45, 7) is 3.69. The minimum Gasteiger partial charge on any atom is -0.383 e. The molecule has 2 aromatic rings. The molecule has 0 aromatic carbocycles. The largest absolute Gasteiger partial charge is 0.383 e. The quantitative estimate of drug-likeness (QED) is 0.836. The first kappa shape index (κ1) is 15.1. The minimum atomic E-state index is 0.497. The van der Waals surface area contributed by atoms with Gasteiger partial charge in [0.2, 0.25) is 0 Å². The van der Waals surface area contributed by atoms with Crippen LogP contribution in [0.3, 0.4) is 0 Å². The van der Waals surface area contributed by atoms with Crippen LogP contribution in [-0.4, -0.2) is 28.8 Å². The molecule has 0 unspecified atom stereocenters. The van der Waals surface area contributed by atoms with E-state index in [1.165, 1.54) is 10.4 Å². The van der Waals surface area contributed by atoms with Crippen molar-refractivity contribution in [3.05, 3.63) is 57.6 Å². The lowest BCUT2D eigenvalue weighted by atomic mass is 10.2. The number of thiophene rings is 1. The molecule has 0 aliphatic carbocycles. The number of aryl methyl sites for hydroxylation is 1. The minimum absolute atomic E-state index is 0.497. The van der Waals surface area contributed by atoms with Crippen molar-refractivity contribution in [2.24, 2.45) is 5.10 Å². The highest BCUT2D eigenvalue weighted by atomic mass is 35.5. The number of pyridine rings is 1. The standard InChI is InChI=1S/C16H17ClN4S/c1-12-9-15(22-11-12)14-3-2-7-21(20-14)8-6-18-13-4-5-19-16(17)10-13/h2,4-5,7,9-11H,3,6,8H2,1H3,(H,18,19). The Morgan fingerprint density at radius 1 is 1.41 bits per heavy atom. The number of hydrogen-bond acceptors (Lipinski definition) is 5. The van der Waals surface area contributed by atoms with E-state index in [0.29, 0.717) is 5.15 Å². The van der Waals surface area contributed by atoms with E-state index in [4.69, 9.17) is 16.7 Å². The van der Waals surface area contributed by atoms with Crippen LogP contribution in [0.1, 0.15) is 16.9 Å². The molecule has 22 heavy (non-hydrogen) atoms. The number of rotatable bonds is 5. The second kappa shape index (κ2) is 6.94. The lowest BCUT2D eigenvalue weighted by Gasteiger charge is -2.20. The highest BCUT2D eigenvalue weighted by molar-refractivity contribution is 7.12. The summed E-state index contributed by atoms with van der Waals surface area (Å²) in [6, 6.07) is 5.91. The van der Waals surface area contributed by atoms with E-state index in [2.05, 4.69) is 34.7 Å². The number of nitrogens with zero attached hydrogens (tertiary/aromatic N) is 3. The van der Waals surface area contributed by atoms with Gasteiger partial charge >= 0.3 is 0 Å². The Labute approximate surface area is 139 Å². The predicted octanol–water partition coefficient (Wildman–Crippen LogP) is 4.14. The van der Waals surface area contributed by atoms with Gasteiger partial charge in [-0.1, -0.05) is 17.7 Å². The van der Waals surface area contributed by atoms with E-state index in [1.807, 2.05) is 23.3 Å². The average Bonchev–Trinajstić information content (AvgIpc) is 2.94. The first-order valence-electron chi connectivity index (χ1n) is 7.12. The molecule has 0 saturated carbocycles. The number of aromatic nitrogens is 1. The molecule has 0 radical (unpaired) electrons. The van der Waals surface area contributed by atoms with Crippen LogP contribution >= 0.6 is 22.9 Å². The van der Waals surface area contributed by atoms with Gasteiger partial charge in [-0.3, -0.25) is 5.01 Å². The molecule has 1 N–H and O–H groups in total. The molecule has 0 saturated heterocycles. The Bertz CT molecular complexity index is 708. The molecule has 1 aliphatic rings. The average molecular weight is 333 g/mol. The molecule has 3 rings (SSSR count). The third kappa shape index (κ3) is 3.87. The van der Waals surface area contributed by atoms with Gasteiger partial charge in [0.15, 0.2) is 0 Å². The molecule has 0 atom stereocenters. The lowest BCUT2D eigenvalue weighted by molar-refractivity contribution is 0.408. The van der Waals surface area contributed by atoms with E-state index >= 15 is 0 Å². The summed E-state index contributed by atoms with van der Waals surface area (Å²) in [5.74, 6) is 0. The van der Waals surface area contributed by atoms with Crippen LogP contribution in [-0.2, 0) is 0 Å². The smallest absolute Gasteiger partial charge is 0.131 e. The zero-order chi connectivity index (χ0) is 15.4. The topological polar surface area (TPSA) is 40.5 Å². The van der Waals surface area contributed by atoms with Crippen LogP contribution in [0.4, 0.5) is 5.69 Å². The van der Waals surface area contributed by atoms with Crippen molar-refractivity contribution < 1.29 is 0 Å². The molecule has 114 valence electrons. The zero-order valence-corrected chi connectivity index (χ0v) is 13.9. The van der Waals surface area contributed by atoms with Gasteiger partial charge in [-0.05, 0) is 36.1 Å². The van der Waals surface area contributed by atoms with Crippen LogP contribution in [0.5, 0.6) is 0 Å². The molecule has 4 nitrogen and oxygen atoms in total. The maximum Gasteiger partial charge on any atom is 0.131 e. The number of hydrogen-bond donors (Lipinski definition) is 1. The Morgan fingerprint density at radius 3 is 3.09 bits per heavy atom. The number of halogens is 1. The summed E-state index contributed by atoms with van der Waals surface area (Å²) in [7, 11) is 0. The van der Waals surface area contributed by atoms with Crippen molar-refractivity contribution in [1.29, 1.82) is 0 Å². The second-order valence-electron chi connectivity index (χ2n) is 5.08. The fraction of sp³-hybridized carbons (Fsp3) is 0.250. The summed E-state index contributed by atoms with van der Waals surface area (Å²) in [6.07, 6.45) is 6.77. The maximum atomic E-state index is 5.87. The monoisotopic (exact) mass is 332 g/mol. The number of nitrogens with one attached hydrogen (secondary N) is 1. The third-order valence-electron chi connectivity index (χ3n) is 3.25. The third-order valence-corrected chi connectivity index (χ3v) is 4.55. The van der Waals surface area contributed by atoms with E-state index < -0.39 is 0 Å². The molecule has 1 aliphatic heterocycles. The summed E-state index contributed by atoms with van der Waals surface area (Å²) in [5.41, 5.74) is 3.40. The lowest BCUT2D eigenvalue weighted by Crippen LogP contribution is -2.23. The van der Waals surface area contributed by atoms with Gasteiger partial charge in [0.05, 0.1) is 17.1 Å². The van der Waals surface area contributed by atoms with E-state index in [9.17, 15) is 0 Å². The molecule has 0 amide bonds. The molecule has 0 spiro atoms. The predicted molar refractivity (Wildman–Crippen MR) is 93.8 cm³/mol. The molecule has 0 fully saturated rings. The van der Waals surface area contributed by atoms with Gasteiger partial charge in [-0.25, -0.2) is 4.98 Å².